The number of rotatable bonds is 6. The Kier molecular flexibility index (Phi) is 7.09. The molecule has 1 atom stereocenters. The minimum absolute atomic E-state index is 0.0222. The molecule has 78 valence electrons. The number of amides is 1. The summed E-state index contributed by atoms with van der Waals surface area (Å²) in [5.41, 5.74) is 5.27. The maximum absolute atomic E-state index is 11.2. The first-order valence-electron chi connectivity index (χ1n) is 4.67. The maximum atomic E-state index is 11.2. The summed E-state index contributed by atoms with van der Waals surface area (Å²) in [5, 5.41) is 0. The summed E-state index contributed by atoms with van der Waals surface area (Å²) < 4.78 is 0. The SMILES string of the molecule is CCSCCC(C)N(C)C(=O)CN. The summed E-state index contributed by atoms with van der Waals surface area (Å²) in [4.78, 5) is 12.9. The molecule has 1 unspecified atom stereocenters. The van der Waals surface area contributed by atoms with E-state index in [0.29, 0.717) is 6.04 Å². The Morgan fingerprint density at radius 1 is 1.62 bits per heavy atom. The molecular formula is C9H20N2OS. The van der Waals surface area contributed by atoms with Gasteiger partial charge in [0.15, 0.2) is 0 Å². The highest BCUT2D eigenvalue weighted by molar-refractivity contribution is 7.99. The maximum Gasteiger partial charge on any atom is 0.236 e. The van der Waals surface area contributed by atoms with Gasteiger partial charge in [0, 0.05) is 13.1 Å². The Morgan fingerprint density at radius 2 is 2.23 bits per heavy atom. The highest BCUT2D eigenvalue weighted by atomic mass is 32.2. The van der Waals surface area contributed by atoms with Crippen LogP contribution >= 0.6 is 11.8 Å². The summed E-state index contributed by atoms with van der Waals surface area (Å²) in [6.45, 7) is 4.32. The molecule has 1 amide bonds. The van der Waals surface area contributed by atoms with Crippen LogP contribution in [0.25, 0.3) is 0 Å². The fraction of sp³-hybridized carbons (Fsp3) is 0.889. The van der Waals surface area contributed by atoms with Gasteiger partial charge in [0.05, 0.1) is 6.54 Å². The van der Waals surface area contributed by atoms with Gasteiger partial charge in [-0.3, -0.25) is 4.79 Å². The summed E-state index contributed by atoms with van der Waals surface area (Å²) in [6, 6.07) is 0.301. The molecule has 0 aromatic rings. The predicted molar refractivity (Wildman–Crippen MR) is 58.9 cm³/mol. The zero-order valence-electron chi connectivity index (χ0n) is 8.75. The van der Waals surface area contributed by atoms with Gasteiger partial charge >= 0.3 is 0 Å². The van der Waals surface area contributed by atoms with Crippen LogP contribution in [0.4, 0.5) is 0 Å². The monoisotopic (exact) mass is 204 g/mol. The fourth-order valence-electron chi connectivity index (χ4n) is 0.982. The first-order chi connectivity index (χ1) is 6.13. The Morgan fingerprint density at radius 3 is 2.69 bits per heavy atom. The third-order valence-corrected chi connectivity index (χ3v) is 3.05. The van der Waals surface area contributed by atoms with Crippen LogP contribution in [0.15, 0.2) is 0 Å². The molecule has 0 saturated heterocycles. The molecule has 13 heavy (non-hydrogen) atoms. The van der Waals surface area contributed by atoms with Gasteiger partial charge in [0.1, 0.15) is 0 Å². The third-order valence-electron chi connectivity index (χ3n) is 2.11. The van der Waals surface area contributed by atoms with Gasteiger partial charge in [-0.15, -0.1) is 0 Å². The van der Waals surface area contributed by atoms with Crippen molar-refractivity contribution in [1.29, 1.82) is 0 Å². The molecule has 0 rings (SSSR count). The number of nitrogens with zero attached hydrogens (tertiary/aromatic N) is 1. The molecule has 0 aliphatic heterocycles. The van der Waals surface area contributed by atoms with Crippen molar-refractivity contribution in [2.75, 3.05) is 25.1 Å². The van der Waals surface area contributed by atoms with Crippen molar-refractivity contribution in [3.8, 4) is 0 Å². The Labute approximate surface area is 85.0 Å². The molecule has 0 spiro atoms. The van der Waals surface area contributed by atoms with E-state index in [1.165, 1.54) is 0 Å². The molecule has 0 heterocycles. The lowest BCUT2D eigenvalue weighted by atomic mass is 10.2. The second kappa shape index (κ2) is 7.21. The molecule has 0 aliphatic rings. The van der Waals surface area contributed by atoms with E-state index in [2.05, 4.69) is 13.8 Å². The Bertz CT molecular complexity index is 153. The minimum Gasteiger partial charge on any atom is -0.342 e. The van der Waals surface area contributed by atoms with Gasteiger partial charge in [-0.25, -0.2) is 0 Å². The van der Waals surface area contributed by atoms with Crippen molar-refractivity contribution < 1.29 is 4.79 Å². The minimum atomic E-state index is 0.0222. The number of carbonyl (C=O) groups excluding carboxylic acids is 1. The van der Waals surface area contributed by atoms with Crippen LogP contribution in [0.1, 0.15) is 20.3 Å². The van der Waals surface area contributed by atoms with Crippen molar-refractivity contribution in [3.63, 3.8) is 0 Å². The number of nitrogens with two attached hydrogens (primary N) is 1. The standard InChI is InChI=1S/C9H20N2OS/c1-4-13-6-5-8(2)11(3)9(12)7-10/h8H,4-7,10H2,1-3H3. The Hall–Kier alpha value is -0.220. The molecule has 0 radical (unpaired) electrons. The smallest absolute Gasteiger partial charge is 0.236 e. The Balaban J connectivity index is 3.68. The van der Waals surface area contributed by atoms with E-state index in [0.717, 1.165) is 17.9 Å². The van der Waals surface area contributed by atoms with Gasteiger partial charge < -0.3 is 10.6 Å². The molecule has 3 nitrogen and oxygen atoms in total. The van der Waals surface area contributed by atoms with Crippen LogP contribution in [0.2, 0.25) is 0 Å². The lowest BCUT2D eigenvalue weighted by Gasteiger charge is -2.24. The summed E-state index contributed by atoms with van der Waals surface area (Å²) in [5.74, 6) is 2.27. The van der Waals surface area contributed by atoms with E-state index >= 15 is 0 Å². The number of hydrogen-bond donors (Lipinski definition) is 1. The fourth-order valence-corrected chi connectivity index (χ4v) is 1.78. The van der Waals surface area contributed by atoms with Gasteiger partial charge in [0.2, 0.25) is 5.91 Å². The molecule has 0 bridgehead atoms. The summed E-state index contributed by atoms with van der Waals surface area (Å²) >= 11 is 1.90. The average Bonchev–Trinajstić information content (AvgIpc) is 2.15. The highest BCUT2D eigenvalue weighted by Crippen LogP contribution is 2.07. The number of thioether (sulfide) groups is 1. The van der Waals surface area contributed by atoms with Crippen LogP contribution in [-0.4, -0.2) is 41.9 Å². The van der Waals surface area contributed by atoms with E-state index < -0.39 is 0 Å². The van der Waals surface area contributed by atoms with Crippen molar-refractivity contribution in [1.82, 2.24) is 4.90 Å². The van der Waals surface area contributed by atoms with E-state index in [4.69, 9.17) is 5.73 Å². The van der Waals surface area contributed by atoms with Gasteiger partial charge in [-0.2, -0.15) is 11.8 Å². The van der Waals surface area contributed by atoms with E-state index in [-0.39, 0.29) is 12.5 Å². The molecule has 0 aromatic carbocycles. The number of likely N-dealkylation sites (N-methyl/N-ethyl adjacent to an activating group) is 1. The normalized spacial score (nSPS) is 12.6. The largest absolute Gasteiger partial charge is 0.342 e. The molecular weight excluding hydrogens is 184 g/mol. The van der Waals surface area contributed by atoms with Crippen LogP contribution in [0.5, 0.6) is 0 Å². The van der Waals surface area contributed by atoms with Gasteiger partial charge in [-0.05, 0) is 24.9 Å². The second-order valence-corrected chi connectivity index (χ2v) is 4.44. The number of hydrogen-bond acceptors (Lipinski definition) is 3. The molecule has 0 aliphatic carbocycles. The van der Waals surface area contributed by atoms with Gasteiger partial charge in [0.25, 0.3) is 0 Å². The lowest BCUT2D eigenvalue weighted by molar-refractivity contribution is -0.130. The van der Waals surface area contributed by atoms with Crippen molar-refractivity contribution in [2.24, 2.45) is 5.73 Å². The van der Waals surface area contributed by atoms with Crippen LogP contribution in [-0.2, 0) is 4.79 Å². The molecule has 0 fully saturated rings. The molecule has 2 N–H and O–H groups in total. The van der Waals surface area contributed by atoms with Crippen LogP contribution < -0.4 is 5.73 Å². The third kappa shape index (κ3) is 5.16. The highest BCUT2D eigenvalue weighted by Gasteiger charge is 2.13. The van der Waals surface area contributed by atoms with Crippen LogP contribution in [0, 0.1) is 0 Å². The second-order valence-electron chi connectivity index (χ2n) is 3.04. The van der Waals surface area contributed by atoms with Crippen molar-refractivity contribution >= 4 is 17.7 Å². The van der Waals surface area contributed by atoms with Crippen LogP contribution in [0.3, 0.4) is 0 Å². The molecule has 0 aromatic heterocycles. The molecule has 4 heteroatoms. The van der Waals surface area contributed by atoms with E-state index in [1.807, 2.05) is 18.8 Å². The topological polar surface area (TPSA) is 46.3 Å². The number of carbonyl (C=O) groups is 1. The van der Waals surface area contributed by atoms with Gasteiger partial charge in [-0.1, -0.05) is 6.92 Å². The quantitative estimate of drug-likeness (QED) is 0.655. The first kappa shape index (κ1) is 12.8. The van der Waals surface area contributed by atoms with E-state index in [9.17, 15) is 4.79 Å². The average molecular weight is 204 g/mol. The zero-order valence-corrected chi connectivity index (χ0v) is 9.56. The summed E-state index contributed by atoms with van der Waals surface area (Å²) in [6.07, 6.45) is 1.04. The zero-order chi connectivity index (χ0) is 10.3. The van der Waals surface area contributed by atoms with Crippen molar-refractivity contribution in [2.45, 2.75) is 26.3 Å². The lowest BCUT2D eigenvalue weighted by Crippen LogP contribution is -2.39. The first-order valence-corrected chi connectivity index (χ1v) is 5.82. The van der Waals surface area contributed by atoms with Crippen molar-refractivity contribution in [3.05, 3.63) is 0 Å². The molecule has 0 saturated carbocycles. The summed E-state index contributed by atoms with van der Waals surface area (Å²) in [7, 11) is 1.82. The van der Waals surface area contributed by atoms with E-state index in [1.54, 1.807) is 4.90 Å². The predicted octanol–water partition coefficient (Wildman–Crippen LogP) is 0.935.